The Morgan fingerprint density at radius 3 is 3.00 bits per heavy atom. The van der Waals surface area contributed by atoms with E-state index in [0.29, 0.717) is 5.69 Å². The van der Waals surface area contributed by atoms with Gasteiger partial charge in [-0.2, -0.15) is 0 Å². The van der Waals surface area contributed by atoms with Crippen LogP contribution in [-0.4, -0.2) is 43.2 Å². The van der Waals surface area contributed by atoms with Gasteiger partial charge in [-0.25, -0.2) is 0 Å². The van der Waals surface area contributed by atoms with Crippen LogP contribution in [0.25, 0.3) is 0 Å². The van der Waals surface area contributed by atoms with Crippen LogP contribution in [0.3, 0.4) is 0 Å². The molecule has 1 N–H and O–H groups in total. The Bertz CT molecular complexity index is 639. The largest absolute Gasteiger partial charge is 0.378 e. The van der Waals surface area contributed by atoms with Crippen molar-refractivity contribution in [2.75, 3.05) is 31.2 Å². The molecule has 0 spiro atoms. The molecule has 1 amide bonds. The lowest BCUT2D eigenvalue weighted by molar-refractivity contribution is 0.0935. The second-order valence-electron chi connectivity index (χ2n) is 5.66. The topological polar surface area (TPSA) is 54.5 Å². The van der Waals surface area contributed by atoms with Crippen LogP contribution in [0.2, 0.25) is 0 Å². The van der Waals surface area contributed by atoms with Crippen LogP contribution in [0, 0.1) is 0 Å². The maximum Gasteiger partial charge on any atom is 0.270 e. The van der Waals surface area contributed by atoms with E-state index in [2.05, 4.69) is 26.6 Å². The molecule has 5 nitrogen and oxygen atoms in total. The van der Waals surface area contributed by atoms with Gasteiger partial charge < -0.3 is 15.0 Å². The van der Waals surface area contributed by atoms with Crippen molar-refractivity contribution < 1.29 is 9.53 Å². The van der Waals surface area contributed by atoms with Crippen LogP contribution >= 0.6 is 11.3 Å². The van der Waals surface area contributed by atoms with Gasteiger partial charge in [0, 0.05) is 42.3 Å². The van der Waals surface area contributed by atoms with Gasteiger partial charge >= 0.3 is 0 Å². The number of carbonyl (C=O) groups excluding carboxylic acids is 1. The van der Waals surface area contributed by atoms with Crippen LogP contribution < -0.4 is 10.2 Å². The summed E-state index contributed by atoms with van der Waals surface area (Å²) in [6, 6.07) is 8.00. The molecule has 0 radical (unpaired) electrons. The highest BCUT2D eigenvalue weighted by Gasteiger charge is 2.16. The van der Waals surface area contributed by atoms with Crippen molar-refractivity contribution in [2.24, 2.45) is 0 Å². The molecule has 1 saturated heterocycles. The minimum atomic E-state index is -0.121. The Morgan fingerprint density at radius 1 is 1.43 bits per heavy atom. The third kappa shape index (κ3) is 4.30. The van der Waals surface area contributed by atoms with E-state index in [1.807, 2.05) is 25.1 Å². The normalized spacial score (nSPS) is 16.1. The maximum absolute atomic E-state index is 12.4. The molecule has 2 aromatic rings. The summed E-state index contributed by atoms with van der Waals surface area (Å²) in [5.74, 6) is -0.121. The van der Waals surface area contributed by atoms with Gasteiger partial charge in [-0.05, 0) is 30.5 Å². The molecule has 3 rings (SSSR count). The van der Waals surface area contributed by atoms with Gasteiger partial charge in [0.2, 0.25) is 0 Å². The Labute approximate surface area is 140 Å². The first-order valence-electron chi connectivity index (χ1n) is 7.84. The van der Waals surface area contributed by atoms with Gasteiger partial charge in [-0.1, -0.05) is 6.07 Å². The molecule has 23 heavy (non-hydrogen) atoms. The van der Waals surface area contributed by atoms with E-state index >= 15 is 0 Å². The number of anilines is 1. The Balaban J connectivity index is 1.62. The molecule has 0 saturated carbocycles. The summed E-state index contributed by atoms with van der Waals surface area (Å²) in [6.45, 7) is 5.16. The summed E-state index contributed by atoms with van der Waals surface area (Å²) in [7, 11) is 0. The fourth-order valence-corrected chi connectivity index (χ4v) is 3.48. The van der Waals surface area contributed by atoms with Crippen LogP contribution in [0.5, 0.6) is 0 Å². The first-order valence-corrected chi connectivity index (χ1v) is 8.72. The molecule has 2 aromatic heterocycles. The van der Waals surface area contributed by atoms with Crippen molar-refractivity contribution >= 4 is 22.9 Å². The number of morpholine rings is 1. The van der Waals surface area contributed by atoms with Gasteiger partial charge in [-0.3, -0.25) is 9.78 Å². The van der Waals surface area contributed by atoms with Gasteiger partial charge in [-0.15, -0.1) is 11.3 Å². The van der Waals surface area contributed by atoms with Gasteiger partial charge in [0.15, 0.2) is 0 Å². The first-order chi connectivity index (χ1) is 11.2. The Kier molecular flexibility index (Phi) is 5.25. The minimum absolute atomic E-state index is 0.0787. The summed E-state index contributed by atoms with van der Waals surface area (Å²) >= 11 is 1.71. The average Bonchev–Trinajstić information content (AvgIpc) is 3.08. The van der Waals surface area contributed by atoms with Crippen molar-refractivity contribution in [3.8, 4) is 0 Å². The second-order valence-corrected chi connectivity index (χ2v) is 6.69. The monoisotopic (exact) mass is 331 g/mol. The molecule has 122 valence electrons. The fraction of sp³-hybridized carbons (Fsp3) is 0.412. The quantitative estimate of drug-likeness (QED) is 0.914. The minimum Gasteiger partial charge on any atom is -0.378 e. The third-order valence-corrected chi connectivity index (χ3v) is 4.72. The highest BCUT2D eigenvalue weighted by molar-refractivity contribution is 7.09. The fourth-order valence-electron chi connectivity index (χ4n) is 2.64. The zero-order valence-electron chi connectivity index (χ0n) is 13.2. The van der Waals surface area contributed by atoms with Crippen LogP contribution in [-0.2, 0) is 11.2 Å². The van der Waals surface area contributed by atoms with Gasteiger partial charge in [0.1, 0.15) is 5.69 Å². The van der Waals surface area contributed by atoms with Crippen molar-refractivity contribution in [3.05, 3.63) is 46.4 Å². The molecule has 6 heteroatoms. The molecule has 1 aliphatic heterocycles. The van der Waals surface area contributed by atoms with Crippen molar-refractivity contribution in [2.45, 2.75) is 19.4 Å². The molecule has 0 aromatic carbocycles. The molecule has 1 atom stereocenters. The number of nitrogens with one attached hydrogen (secondary N) is 1. The summed E-state index contributed by atoms with van der Waals surface area (Å²) in [5.41, 5.74) is 1.49. The van der Waals surface area contributed by atoms with E-state index in [1.54, 1.807) is 17.5 Å². The molecule has 0 aliphatic carbocycles. The molecule has 1 aliphatic rings. The van der Waals surface area contributed by atoms with Crippen LogP contribution in [0.15, 0.2) is 35.8 Å². The number of hydrogen-bond donors (Lipinski definition) is 1. The van der Waals surface area contributed by atoms with E-state index in [1.165, 1.54) is 4.88 Å². The Hall–Kier alpha value is -1.92. The van der Waals surface area contributed by atoms with Gasteiger partial charge in [0.25, 0.3) is 5.91 Å². The second kappa shape index (κ2) is 7.57. The number of pyridine rings is 1. The predicted molar refractivity (Wildman–Crippen MR) is 92.2 cm³/mol. The van der Waals surface area contributed by atoms with E-state index in [4.69, 9.17) is 4.74 Å². The highest BCUT2D eigenvalue weighted by Crippen LogP contribution is 2.16. The standard InChI is InChI=1S/C17H21N3O2S/c1-13(11-15-3-2-10-23-15)19-17(21)16-12-14(4-5-18-16)20-6-8-22-9-7-20/h2-5,10,12-13H,6-9,11H2,1H3,(H,19,21)/t13-/m1/s1. The average molecular weight is 331 g/mol. The lowest BCUT2D eigenvalue weighted by Gasteiger charge is -2.28. The highest BCUT2D eigenvalue weighted by atomic mass is 32.1. The van der Waals surface area contributed by atoms with E-state index in [9.17, 15) is 4.79 Å². The molecular formula is C17H21N3O2S. The van der Waals surface area contributed by atoms with E-state index in [-0.39, 0.29) is 11.9 Å². The van der Waals surface area contributed by atoms with E-state index in [0.717, 1.165) is 38.4 Å². The summed E-state index contributed by atoms with van der Waals surface area (Å²) < 4.78 is 5.37. The van der Waals surface area contributed by atoms with Crippen LogP contribution in [0.1, 0.15) is 22.3 Å². The van der Waals surface area contributed by atoms with Crippen molar-refractivity contribution in [1.29, 1.82) is 0 Å². The SMILES string of the molecule is C[C@H](Cc1cccs1)NC(=O)c1cc(N2CCOCC2)ccn1. The number of rotatable bonds is 5. The molecule has 0 bridgehead atoms. The lowest BCUT2D eigenvalue weighted by atomic mass is 10.2. The summed E-state index contributed by atoms with van der Waals surface area (Å²) in [6.07, 6.45) is 2.54. The van der Waals surface area contributed by atoms with Crippen molar-refractivity contribution in [3.63, 3.8) is 0 Å². The number of aromatic nitrogens is 1. The zero-order chi connectivity index (χ0) is 16.1. The molecular weight excluding hydrogens is 310 g/mol. The number of thiophene rings is 1. The van der Waals surface area contributed by atoms with Crippen molar-refractivity contribution in [1.82, 2.24) is 10.3 Å². The number of carbonyl (C=O) groups is 1. The third-order valence-electron chi connectivity index (χ3n) is 3.82. The first kappa shape index (κ1) is 16.0. The maximum atomic E-state index is 12.4. The molecule has 0 unspecified atom stereocenters. The zero-order valence-corrected chi connectivity index (χ0v) is 14.0. The molecule has 3 heterocycles. The number of hydrogen-bond acceptors (Lipinski definition) is 5. The Morgan fingerprint density at radius 2 is 2.26 bits per heavy atom. The smallest absolute Gasteiger partial charge is 0.270 e. The number of amides is 1. The number of nitrogens with zero attached hydrogens (tertiary/aromatic N) is 2. The van der Waals surface area contributed by atoms with Gasteiger partial charge in [0.05, 0.1) is 13.2 Å². The predicted octanol–water partition coefficient (Wildman–Crippen LogP) is 2.34. The summed E-state index contributed by atoms with van der Waals surface area (Å²) in [4.78, 5) is 20.1. The molecule has 1 fully saturated rings. The summed E-state index contributed by atoms with van der Waals surface area (Å²) in [5, 5.41) is 5.08. The number of ether oxygens (including phenoxy) is 1. The van der Waals surface area contributed by atoms with E-state index < -0.39 is 0 Å². The lowest BCUT2D eigenvalue weighted by Crippen LogP contribution is -2.37. The van der Waals surface area contributed by atoms with Crippen LogP contribution in [0.4, 0.5) is 5.69 Å².